The number of nitrogens with zero attached hydrogens (tertiary/aromatic N) is 4. The standard InChI is InChI=1S/C13H5BrCl2N4/c14-9-4-2-1-3-8(9)10-11(15)19-13-7(5-17)6-18-20(13)12(10)16/h1-4,6H. The molecule has 1 aromatic carbocycles. The molecule has 3 rings (SSSR count). The van der Waals surface area contributed by atoms with Crippen molar-refractivity contribution in [1.82, 2.24) is 14.6 Å². The lowest BCUT2D eigenvalue weighted by Crippen LogP contribution is -1.98. The summed E-state index contributed by atoms with van der Waals surface area (Å²) < 4.78 is 2.25. The Balaban J connectivity index is 2.39. The predicted molar refractivity (Wildman–Crippen MR) is 80.9 cm³/mol. The van der Waals surface area contributed by atoms with Crippen molar-refractivity contribution in [3.05, 3.63) is 50.8 Å². The Morgan fingerprint density at radius 3 is 2.70 bits per heavy atom. The molecule has 0 radical (unpaired) electrons. The van der Waals surface area contributed by atoms with Crippen LogP contribution in [0.15, 0.2) is 34.9 Å². The zero-order chi connectivity index (χ0) is 14.3. The molecule has 0 saturated heterocycles. The fourth-order valence-corrected chi connectivity index (χ4v) is 3.02. The SMILES string of the molecule is N#Cc1cnn2c(Cl)c(-c3ccccc3Br)c(Cl)nc12. The molecule has 0 N–H and O–H groups in total. The molecule has 0 spiro atoms. The van der Waals surface area contributed by atoms with Crippen LogP contribution in [0.4, 0.5) is 0 Å². The van der Waals surface area contributed by atoms with Crippen LogP contribution >= 0.6 is 39.1 Å². The third-order valence-corrected chi connectivity index (χ3v) is 4.12. The van der Waals surface area contributed by atoms with E-state index < -0.39 is 0 Å². The number of hydrogen-bond acceptors (Lipinski definition) is 3. The van der Waals surface area contributed by atoms with Gasteiger partial charge in [-0.1, -0.05) is 57.3 Å². The van der Waals surface area contributed by atoms with Crippen molar-refractivity contribution in [3.8, 4) is 17.2 Å². The second-order valence-electron chi connectivity index (χ2n) is 3.95. The number of nitriles is 1. The van der Waals surface area contributed by atoms with Gasteiger partial charge in [-0.15, -0.1) is 0 Å². The van der Waals surface area contributed by atoms with Crippen molar-refractivity contribution >= 4 is 44.8 Å². The van der Waals surface area contributed by atoms with Gasteiger partial charge in [0.1, 0.15) is 21.9 Å². The van der Waals surface area contributed by atoms with Crippen LogP contribution in [0, 0.1) is 11.3 Å². The van der Waals surface area contributed by atoms with E-state index in [0.717, 1.165) is 10.0 Å². The molecule has 98 valence electrons. The van der Waals surface area contributed by atoms with Crippen LogP contribution in [-0.2, 0) is 0 Å². The van der Waals surface area contributed by atoms with Crippen LogP contribution in [0.25, 0.3) is 16.8 Å². The highest BCUT2D eigenvalue weighted by atomic mass is 79.9. The van der Waals surface area contributed by atoms with Crippen molar-refractivity contribution in [3.63, 3.8) is 0 Å². The summed E-state index contributed by atoms with van der Waals surface area (Å²) in [5.74, 6) is 0. The van der Waals surface area contributed by atoms with Gasteiger partial charge in [0, 0.05) is 10.0 Å². The molecular formula is C13H5BrCl2N4. The number of halogens is 3. The second kappa shape index (κ2) is 5.06. The monoisotopic (exact) mass is 366 g/mol. The second-order valence-corrected chi connectivity index (χ2v) is 5.52. The molecule has 0 saturated carbocycles. The maximum Gasteiger partial charge on any atom is 0.176 e. The van der Waals surface area contributed by atoms with Gasteiger partial charge in [-0.25, -0.2) is 9.50 Å². The third kappa shape index (κ3) is 1.97. The number of benzene rings is 1. The highest BCUT2D eigenvalue weighted by Crippen LogP contribution is 2.38. The molecule has 0 atom stereocenters. The van der Waals surface area contributed by atoms with Gasteiger partial charge in [0.05, 0.1) is 11.8 Å². The normalized spacial score (nSPS) is 10.7. The van der Waals surface area contributed by atoms with Crippen molar-refractivity contribution in [2.45, 2.75) is 0 Å². The quantitative estimate of drug-likeness (QED) is 0.601. The topological polar surface area (TPSA) is 54.0 Å². The van der Waals surface area contributed by atoms with Crippen LogP contribution in [0.1, 0.15) is 5.56 Å². The zero-order valence-corrected chi connectivity index (χ0v) is 12.9. The van der Waals surface area contributed by atoms with Crippen LogP contribution in [0.2, 0.25) is 10.3 Å². The molecule has 3 aromatic rings. The van der Waals surface area contributed by atoms with Gasteiger partial charge in [-0.2, -0.15) is 10.4 Å². The van der Waals surface area contributed by atoms with Crippen LogP contribution in [0.3, 0.4) is 0 Å². The van der Waals surface area contributed by atoms with E-state index in [1.54, 1.807) is 0 Å². The van der Waals surface area contributed by atoms with Gasteiger partial charge >= 0.3 is 0 Å². The first-order chi connectivity index (χ1) is 9.63. The molecule has 0 unspecified atom stereocenters. The Bertz CT molecular complexity index is 867. The molecule has 0 amide bonds. The maximum absolute atomic E-state index is 9.00. The van der Waals surface area contributed by atoms with Gasteiger partial charge in [0.25, 0.3) is 0 Å². The summed E-state index contributed by atoms with van der Waals surface area (Å²) in [7, 11) is 0. The van der Waals surface area contributed by atoms with Crippen LogP contribution in [0.5, 0.6) is 0 Å². The van der Waals surface area contributed by atoms with Crippen molar-refractivity contribution < 1.29 is 0 Å². The van der Waals surface area contributed by atoms with Gasteiger partial charge in [0.15, 0.2) is 5.65 Å². The van der Waals surface area contributed by atoms with E-state index in [2.05, 4.69) is 26.0 Å². The van der Waals surface area contributed by atoms with Gasteiger partial charge in [-0.05, 0) is 6.07 Å². The van der Waals surface area contributed by atoms with E-state index in [0.29, 0.717) is 21.9 Å². The third-order valence-electron chi connectivity index (χ3n) is 2.81. The first-order valence-corrected chi connectivity index (χ1v) is 7.06. The van der Waals surface area contributed by atoms with Crippen molar-refractivity contribution in [1.29, 1.82) is 5.26 Å². The van der Waals surface area contributed by atoms with Crippen LogP contribution < -0.4 is 0 Å². The molecule has 0 aliphatic rings. The fourth-order valence-electron chi connectivity index (χ4n) is 1.90. The minimum Gasteiger partial charge on any atom is -0.215 e. The average molecular weight is 368 g/mol. The van der Waals surface area contributed by atoms with E-state index in [1.165, 1.54) is 10.7 Å². The van der Waals surface area contributed by atoms with Gasteiger partial charge in [-0.3, -0.25) is 0 Å². The fraction of sp³-hybridized carbons (Fsp3) is 0. The Morgan fingerprint density at radius 1 is 1.25 bits per heavy atom. The lowest BCUT2D eigenvalue weighted by atomic mass is 10.1. The molecule has 0 fully saturated rings. The number of rotatable bonds is 1. The smallest absolute Gasteiger partial charge is 0.176 e. The lowest BCUT2D eigenvalue weighted by Gasteiger charge is -2.10. The van der Waals surface area contributed by atoms with E-state index in [1.807, 2.05) is 30.3 Å². The number of hydrogen-bond donors (Lipinski definition) is 0. The lowest BCUT2D eigenvalue weighted by molar-refractivity contribution is 0.942. The largest absolute Gasteiger partial charge is 0.215 e. The molecule has 0 aliphatic carbocycles. The molecule has 0 aliphatic heterocycles. The first-order valence-electron chi connectivity index (χ1n) is 5.51. The minimum atomic E-state index is 0.228. The summed E-state index contributed by atoms with van der Waals surface area (Å²) in [5, 5.41) is 13.6. The van der Waals surface area contributed by atoms with Crippen molar-refractivity contribution in [2.24, 2.45) is 0 Å². The Morgan fingerprint density at radius 2 is 2.00 bits per heavy atom. The maximum atomic E-state index is 9.00. The molecule has 2 heterocycles. The Kier molecular flexibility index (Phi) is 3.38. The summed E-state index contributed by atoms with van der Waals surface area (Å²) in [6.07, 6.45) is 1.41. The van der Waals surface area contributed by atoms with E-state index >= 15 is 0 Å². The first kappa shape index (κ1) is 13.4. The summed E-state index contributed by atoms with van der Waals surface area (Å²) in [5.41, 5.74) is 2.05. The highest BCUT2D eigenvalue weighted by molar-refractivity contribution is 9.10. The highest BCUT2D eigenvalue weighted by Gasteiger charge is 2.18. The molecule has 20 heavy (non-hydrogen) atoms. The molecule has 0 bridgehead atoms. The minimum absolute atomic E-state index is 0.228. The Hall–Kier alpha value is -1.61. The van der Waals surface area contributed by atoms with E-state index in [9.17, 15) is 0 Å². The Labute approximate surface area is 132 Å². The van der Waals surface area contributed by atoms with Crippen LogP contribution in [-0.4, -0.2) is 14.6 Å². The molecule has 4 nitrogen and oxygen atoms in total. The average Bonchev–Trinajstić information content (AvgIpc) is 2.84. The summed E-state index contributed by atoms with van der Waals surface area (Å²) in [6, 6.07) is 9.53. The van der Waals surface area contributed by atoms with Gasteiger partial charge in [0.2, 0.25) is 0 Å². The number of aromatic nitrogens is 3. The molecular weight excluding hydrogens is 363 g/mol. The van der Waals surface area contributed by atoms with E-state index in [-0.39, 0.29) is 5.15 Å². The zero-order valence-electron chi connectivity index (χ0n) is 9.81. The molecule has 7 heteroatoms. The summed E-state index contributed by atoms with van der Waals surface area (Å²) in [6.45, 7) is 0. The summed E-state index contributed by atoms with van der Waals surface area (Å²) >= 11 is 16.1. The van der Waals surface area contributed by atoms with Gasteiger partial charge < -0.3 is 0 Å². The molecule has 2 aromatic heterocycles. The van der Waals surface area contributed by atoms with Crippen molar-refractivity contribution in [2.75, 3.05) is 0 Å². The summed E-state index contributed by atoms with van der Waals surface area (Å²) in [4.78, 5) is 4.22. The predicted octanol–water partition coefficient (Wildman–Crippen LogP) is 4.34. The number of fused-ring (bicyclic) bond motifs is 1. The van der Waals surface area contributed by atoms with E-state index in [4.69, 9.17) is 28.5 Å².